The first kappa shape index (κ1) is 18.1. The number of alkyl halides is 1. The van der Waals surface area contributed by atoms with Gasteiger partial charge in [0.05, 0.1) is 11.8 Å². The molecule has 3 atom stereocenters. The van der Waals surface area contributed by atoms with Crippen LogP contribution in [0.25, 0.3) is 0 Å². The summed E-state index contributed by atoms with van der Waals surface area (Å²) in [6.07, 6.45) is 5.75. The number of thioether (sulfide) groups is 1. The molecular weight excluding hydrogens is 315 g/mol. The highest BCUT2D eigenvalue weighted by molar-refractivity contribution is 7.99. The van der Waals surface area contributed by atoms with Gasteiger partial charge in [-0.15, -0.1) is 0 Å². The fraction of sp³-hybridized carbons (Fsp3) is 0.688. The molecule has 128 valence electrons. The number of halogens is 1. The van der Waals surface area contributed by atoms with Gasteiger partial charge in [-0.2, -0.15) is 11.8 Å². The number of likely N-dealkylation sites (N-methyl/N-ethyl adjacent to an activating group) is 1. The van der Waals surface area contributed by atoms with Crippen molar-refractivity contribution in [2.24, 2.45) is 0 Å². The fourth-order valence-electron chi connectivity index (χ4n) is 2.99. The van der Waals surface area contributed by atoms with E-state index in [2.05, 4.69) is 9.97 Å². The van der Waals surface area contributed by atoms with Crippen LogP contribution in [-0.2, 0) is 11.3 Å². The van der Waals surface area contributed by atoms with Crippen LogP contribution in [0.2, 0.25) is 0 Å². The molecule has 1 aliphatic rings. The number of rotatable bonds is 7. The third-order valence-electron chi connectivity index (χ3n) is 4.23. The molecule has 0 radical (unpaired) electrons. The van der Waals surface area contributed by atoms with E-state index in [9.17, 15) is 9.18 Å². The maximum Gasteiger partial charge on any atom is 0.235 e. The standard InChI is InChI=1S/C16H25FN4OS/c1-4-14(23-3)16(22)20(2)10-13-8-12(17)9-21(13)11-15-18-6-5-7-19-15/h5-7,12-14H,4,8-11H2,1-3H3/t12-,13-,14-/m0/s1. The Morgan fingerprint density at radius 3 is 2.83 bits per heavy atom. The molecule has 0 aliphatic carbocycles. The van der Waals surface area contributed by atoms with E-state index >= 15 is 0 Å². The predicted octanol–water partition coefficient (Wildman–Crippen LogP) is 1.99. The number of aromatic nitrogens is 2. The SMILES string of the molecule is CC[C@H](SC)C(=O)N(C)C[C@@H]1C[C@H](F)CN1Cc1ncccn1. The van der Waals surface area contributed by atoms with Gasteiger partial charge in [0.1, 0.15) is 12.0 Å². The normalized spacial score (nSPS) is 23.0. The lowest BCUT2D eigenvalue weighted by Crippen LogP contribution is -2.43. The van der Waals surface area contributed by atoms with Crippen molar-refractivity contribution >= 4 is 17.7 Å². The topological polar surface area (TPSA) is 49.3 Å². The number of likely N-dealkylation sites (tertiary alicyclic amines) is 1. The highest BCUT2D eigenvalue weighted by Gasteiger charge is 2.34. The van der Waals surface area contributed by atoms with Crippen molar-refractivity contribution in [1.29, 1.82) is 0 Å². The van der Waals surface area contributed by atoms with E-state index in [0.29, 0.717) is 31.9 Å². The number of hydrogen-bond donors (Lipinski definition) is 0. The molecule has 1 fully saturated rings. The second kappa shape index (κ2) is 8.59. The summed E-state index contributed by atoms with van der Waals surface area (Å²) in [6.45, 7) is 3.46. The molecular formula is C16H25FN4OS. The van der Waals surface area contributed by atoms with Gasteiger partial charge < -0.3 is 4.90 Å². The minimum Gasteiger partial charge on any atom is -0.343 e. The van der Waals surface area contributed by atoms with Crippen molar-refractivity contribution in [2.45, 2.75) is 43.8 Å². The largest absolute Gasteiger partial charge is 0.343 e. The average Bonchev–Trinajstić information content (AvgIpc) is 2.88. The molecule has 1 amide bonds. The second-order valence-corrected chi connectivity index (χ2v) is 6.97. The van der Waals surface area contributed by atoms with Crippen LogP contribution in [0.3, 0.4) is 0 Å². The summed E-state index contributed by atoms with van der Waals surface area (Å²) in [6, 6.07) is 1.78. The average molecular weight is 340 g/mol. The van der Waals surface area contributed by atoms with Crippen molar-refractivity contribution in [3.8, 4) is 0 Å². The van der Waals surface area contributed by atoms with Crippen molar-refractivity contribution in [3.05, 3.63) is 24.3 Å². The minimum absolute atomic E-state index is 0.0159. The Bertz CT molecular complexity index is 500. The number of nitrogens with zero attached hydrogens (tertiary/aromatic N) is 4. The molecule has 1 aromatic heterocycles. The molecule has 0 unspecified atom stereocenters. The van der Waals surface area contributed by atoms with Crippen LogP contribution in [0.1, 0.15) is 25.6 Å². The summed E-state index contributed by atoms with van der Waals surface area (Å²) in [4.78, 5) is 24.6. The Morgan fingerprint density at radius 1 is 1.52 bits per heavy atom. The smallest absolute Gasteiger partial charge is 0.235 e. The Kier molecular flexibility index (Phi) is 6.77. The summed E-state index contributed by atoms with van der Waals surface area (Å²) >= 11 is 1.57. The van der Waals surface area contributed by atoms with Gasteiger partial charge in [-0.05, 0) is 25.2 Å². The highest BCUT2D eigenvalue weighted by atomic mass is 32.2. The maximum atomic E-state index is 13.9. The summed E-state index contributed by atoms with van der Waals surface area (Å²) < 4.78 is 13.9. The van der Waals surface area contributed by atoms with Crippen LogP contribution in [0.15, 0.2) is 18.5 Å². The number of carbonyl (C=O) groups is 1. The summed E-state index contributed by atoms with van der Waals surface area (Å²) in [5, 5.41) is -0.0199. The van der Waals surface area contributed by atoms with Gasteiger partial charge in [-0.3, -0.25) is 9.69 Å². The maximum absolute atomic E-state index is 13.9. The van der Waals surface area contributed by atoms with Crippen LogP contribution in [0.5, 0.6) is 0 Å². The molecule has 1 aromatic rings. The Hall–Kier alpha value is -1.21. The molecule has 2 heterocycles. The molecule has 0 N–H and O–H groups in total. The first-order chi connectivity index (χ1) is 11.0. The number of amides is 1. The lowest BCUT2D eigenvalue weighted by atomic mass is 10.2. The number of hydrogen-bond acceptors (Lipinski definition) is 5. The fourth-order valence-corrected chi connectivity index (χ4v) is 3.71. The molecule has 7 heteroatoms. The minimum atomic E-state index is -0.852. The zero-order chi connectivity index (χ0) is 16.8. The third kappa shape index (κ3) is 4.88. The molecule has 1 aliphatic heterocycles. The van der Waals surface area contributed by atoms with Crippen LogP contribution in [-0.4, -0.2) is 69.5 Å². The van der Waals surface area contributed by atoms with Crippen molar-refractivity contribution in [2.75, 3.05) is 26.4 Å². The van der Waals surface area contributed by atoms with Crippen molar-refractivity contribution in [3.63, 3.8) is 0 Å². The van der Waals surface area contributed by atoms with E-state index in [4.69, 9.17) is 0 Å². The molecule has 0 spiro atoms. The van der Waals surface area contributed by atoms with Crippen molar-refractivity contribution in [1.82, 2.24) is 19.8 Å². The van der Waals surface area contributed by atoms with Gasteiger partial charge in [0, 0.05) is 38.6 Å². The van der Waals surface area contributed by atoms with Gasteiger partial charge in [0.25, 0.3) is 0 Å². The van der Waals surface area contributed by atoms with Crippen molar-refractivity contribution < 1.29 is 9.18 Å². The molecule has 2 rings (SSSR count). The Balaban J connectivity index is 1.97. The molecule has 1 saturated heterocycles. The summed E-state index contributed by atoms with van der Waals surface area (Å²) in [5.41, 5.74) is 0. The van der Waals surface area contributed by atoms with E-state index in [0.717, 1.165) is 6.42 Å². The van der Waals surface area contributed by atoms with Gasteiger partial charge >= 0.3 is 0 Å². The van der Waals surface area contributed by atoms with Crippen LogP contribution >= 0.6 is 11.8 Å². The predicted molar refractivity (Wildman–Crippen MR) is 91.0 cm³/mol. The van der Waals surface area contributed by atoms with E-state index < -0.39 is 6.17 Å². The first-order valence-corrected chi connectivity index (χ1v) is 9.25. The van der Waals surface area contributed by atoms with Gasteiger partial charge in [0.2, 0.25) is 5.91 Å². The van der Waals surface area contributed by atoms with E-state index in [-0.39, 0.29) is 17.2 Å². The van der Waals surface area contributed by atoms with Gasteiger partial charge in [-0.1, -0.05) is 6.92 Å². The van der Waals surface area contributed by atoms with E-state index in [1.807, 2.05) is 25.1 Å². The second-order valence-electron chi connectivity index (χ2n) is 5.93. The zero-order valence-corrected chi connectivity index (χ0v) is 14.8. The lowest BCUT2D eigenvalue weighted by Gasteiger charge is -2.29. The lowest BCUT2D eigenvalue weighted by molar-refractivity contribution is -0.130. The molecule has 0 saturated carbocycles. The molecule has 0 aromatic carbocycles. The molecule has 0 bridgehead atoms. The third-order valence-corrected chi connectivity index (χ3v) is 5.34. The van der Waals surface area contributed by atoms with E-state index in [1.165, 1.54) is 0 Å². The molecule has 23 heavy (non-hydrogen) atoms. The first-order valence-electron chi connectivity index (χ1n) is 7.96. The summed E-state index contributed by atoms with van der Waals surface area (Å²) in [5.74, 6) is 0.814. The van der Waals surface area contributed by atoms with E-state index in [1.54, 1.807) is 35.1 Å². The van der Waals surface area contributed by atoms with Crippen LogP contribution in [0.4, 0.5) is 4.39 Å². The zero-order valence-electron chi connectivity index (χ0n) is 14.0. The Labute approximate surface area is 141 Å². The van der Waals surface area contributed by atoms with Crippen LogP contribution < -0.4 is 0 Å². The molecule has 5 nitrogen and oxygen atoms in total. The number of carbonyl (C=O) groups excluding carboxylic acids is 1. The monoisotopic (exact) mass is 340 g/mol. The summed E-state index contributed by atoms with van der Waals surface area (Å²) in [7, 11) is 1.81. The van der Waals surface area contributed by atoms with Gasteiger partial charge in [-0.25, -0.2) is 14.4 Å². The Morgan fingerprint density at radius 2 is 2.22 bits per heavy atom. The van der Waals surface area contributed by atoms with Crippen LogP contribution in [0, 0.1) is 0 Å². The quantitative estimate of drug-likeness (QED) is 0.760. The highest BCUT2D eigenvalue weighted by Crippen LogP contribution is 2.23. The van der Waals surface area contributed by atoms with Gasteiger partial charge in [0.15, 0.2) is 0 Å².